The first kappa shape index (κ1) is 14.6. The summed E-state index contributed by atoms with van der Waals surface area (Å²) in [4.78, 5) is 10.7. The van der Waals surface area contributed by atoms with Gasteiger partial charge in [-0.3, -0.25) is 10.1 Å². The van der Waals surface area contributed by atoms with E-state index < -0.39 is 4.92 Å². The van der Waals surface area contributed by atoms with Crippen LogP contribution in [0.15, 0.2) is 18.2 Å². The van der Waals surface area contributed by atoms with Crippen LogP contribution in [-0.2, 0) is 4.74 Å². The summed E-state index contributed by atoms with van der Waals surface area (Å²) in [6.45, 7) is 4.09. The van der Waals surface area contributed by atoms with Crippen LogP contribution in [0.1, 0.15) is 19.8 Å². The molecule has 0 heterocycles. The quantitative estimate of drug-likeness (QED) is 0.428. The van der Waals surface area contributed by atoms with Crippen molar-refractivity contribution < 1.29 is 14.4 Å². The molecule has 6 heteroatoms. The number of nitrogens with one attached hydrogen (secondary N) is 1. The van der Waals surface area contributed by atoms with Gasteiger partial charge in [-0.1, -0.05) is 6.07 Å². The molecule has 1 aliphatic carbocycles. The van der Waals surface area contributed by atoms with E-state index in [4.69, 9.17) is 9.47 Å². The third-order valence-corrected chi connectivity index (χ3v) is 3.09. The van der Waals surface area contributed by atoms with E-state index in [0.717, 1.165) is 12.5 Å². The van der Waals surface area contributed by atoms with Crippen LogP contribution in [-0.4, -0.2) is 31.3 Å². The number of hydrogen-bond donors (Lipinski definition) is 1. The monoisotopic (exact) mass is 280 g/mol. The lowest BCUT2D eigenvalue weighted by molar-refractivity contribution is -0.384. The van der Waals surface area contributed by atoms with E-state index in [1.807, 2.05) is 0 Å². The average Bonchev–Trinajstić information content (AvgIpc) is 3.22. The number of ether oxygens (including phenoxy) is 2. The molecule has 1 aromatic carbocycles. The van der Waals surface area contributed by atoms with Crippen LogP contribution in [0.5, 0.6) is 5.75 Å². The number of nitro benzene ring substituents is 1. The van der Waals surface area contributed by atoms with Crippen molar-refractivity contribution in [2.45, 2.75) is 19.8 Å². The summed E-state index contributed by atoms with van der Waals surface area (Å²) in [6.07, 6.45) is 2.52. The molecule has 6 nitrogen and oxygen atoms in total. The maximum atomic E-state index is 11.2. The zero-order chi connectivity index (χ0) is 14.4. The van der Waals surface area contributed by atoms with Gasteiger partial charge in [0.05, 0.1) is 18.1 Å². The highest BCUT2D eigenvalue weighted by molar-refractivity contribution is 5.68. The molecule has 0 atom stereocenters. The molecule has 2 rings (SSSR count). The van der Waals surface area contributed by atoms with Crippen LogP contribution < -0.4 is 10.1 Å². The Morgan fingerprint density at radius 2 is 2.25 bits per heavy atom. The zero-order valence-corrected chi connectivity index (χ0v) is 11.6. The van der Waals surface area contributed by atoms with Gasteiger partial charge in [-0.2, -0.15) is 0 Å². The smallest absolute Gasteiger partial charge is 0.333 e. The van der Waals surface area contributed by atoms with Crippen molar-refractivity contribution in [3.05, 3.63) is 28.3 Å². The van der Waals surface area contributed by atoms with Crippen molar-refractivity contribution in [2.24, 2.45) is 5.92 Å². The molecular weight excluding hydrogens is 260 g/mol. The van der Waals surface area contributed by atoms with Gasteiger partial charge in [0.25, 0.3) is 0 Å². The Morgan fingerprint density at radius 3 is 2.90 bits per heavy atom. The van der Waals surface area contributed by atoms with E-state index in [0.29, 0.717) is 31.2 Å². The van der Waals surface area contributed by atoms with Crippen molar-refractivity contribution in [3.8, 4) is 5.75 Å². The Morgan fingerprint density at radius 1 is 1.45 bits per heavy atom. The fraction of sp³-hybridized carbons (Fsp3) is 0.571. The van der Waals surface area contributed by atoms with Crippen LogP contribution >= 0.6 is 0 Å². The fourth-order valence-corrected chi connectivity index (χ4v) is 1.92. The summed E-state index contributed by atoms with van der Waals surface area (Å²) in [5.41, 5.74) is 0.451. The molecule has 0 spiro atoms. The van der Waals surface area contributed by atoms with Crippen LogP contribution in [0.25, 0.3) is 0 Å². The summed E-state index contributed by atoms with van der Waals surface area (Å²) in [5, 5.41) is 14.2. The summed E-state index contributed by atoms with van der Waals surface area (Å²) in [6, 6.07) is 5.03. The first-order valence-electron chi connectivity index (χ1n) is 6.94. The molecule has 110 valence electrons. The lowest BCUT2D eigenvalue weighted by Gasteiger charge is -2.10. The highest BCUT2D eigenvalue weighted by Crippen LogP contribution is 2.34. The molecule has 0 radical (unpaired) electrons. The summed E-state index contributed by atoms with van der Waals surface area (Å²) < 4.78 is 10.8. The molecule has 0 saturated heterocycles. The standard InChI is InChI=1S/C14H20N2O4/c1-2-20-13-5-3-4-12(14(13)16(17)18)15-8-9-19-10-11-6-7-11/h3-5,11,15H,2,6-10H2,1H3. The second-order valence-electron chi connectivity index (χ2n) is 4.79. The molecule has 0 unspecified atom stereocenters. The third-order valence-electron chi connectivity index (χ3n) is 3.09. The number of para-hydroxylation sites is 1. The molecule has 1 saturated carbocycles. The molecule has 1 aromatic rings. The first-order valence-corrected chi connectivity index (χ1v) is 6.94. The van der Waals surface area contributed by atoms with E-state index in [2.05, 4.69) is 5.32 Å². The van der Waals surface area contributed by atoms with Gasteiger partial charge < -0.3 is 14.8 Å². The van der Waals surface area contributed by atoms with Crippen LogP contribution in [0.2, 0.25) is 0 Å². The van der Waals surface area contributed by atoms with E-state index in [1.165, 1.54) is 12.8 Å². The minimum atomic E-state index is -0.418. The van der Waals surface area contributed by atoms with E-state index in [-0.39, 0.29) is 5.69 Å². The Balaban J connectivity index is 1.91. The highest BCUT2D eigenvalue weighted by Gasteiger charge is 2.22. The van der Waals surface area contributed by atoms with E-state index in [9.17, 15) is 10.1 Å². The van der Waals surface area contributed by atoms with Gasteiger partial charge >= 0.3 is 5.69 Å². The Labute approximate surface area is 118 Å². The SMILES string of the molecule is CCOc1cccc(NCCOCC2CC2)c1[N+](=O)[O-]. The molecule has 0 amide bonds. The number of nitrogens with zero attached hydrogens (tertiary/aromatic N) is 1. The van der Waals surface area contributed by atoms with E-state index >= 15 is 0 Å². The fourth-order valence-electron chi connectivity index (χ4n) is 1.92. The minimum Gasteiger partial charge on any atom is -0.487 e. The molecule has 0 aromatic heterocycles. The van der Waals surface area contributed by atoms with Crippen LogP contribution in [0.4, 0.5) is 11.4 Å². The van der Waals surface area contributed by atoms with Gasteiger partial charge in [0.15, 0.2) is 5.75 Å². The van der Waals surface area contributed by atoms with Gasteiger partial charge in [-0.05, 0) is 37.8 Å². The first-order chi connectivity index (χ1) is 9.72. The van der Waals surface area contributed by atoms with Crippen LogP contribution in [0.3, 0.4) is 0 Å². The second-order valence-corrected chi connectivity index (χ2v) is 4.79. The largest absolute Gasteiger partial charge is 0.487 e. The highest BCUT2D eigenvalue weighted by atomic mass is 16.6. The van der Waals surface area contributed by atoms with Crippen molar-refractivity contribution >= 4 is 11.4 Å². The third kappa shape index (κ3) is 4.09. The second kappa shape index (κ2) is 7.09. The van der Waals surface area contributed by atoms with Gasteiger partial charge in [0.1, 0.15) is 5.69 Å². The van der Waals surface area contributed by atoms with E-state index in [1.54, 1.807) is 25.1 Å². The van der Waals surface area contributed by atoms with Crippen molar-refractivity contribution in [1.29, 1.82) is 0 Å². The van der Waals surface area contributed by atoms with Crippen molar-refractivity contribution in [1.82, 2.24) is 0 Å². The van der Waals surface area contributed by atoms with Gasteiger partial charge in [0, 0.05) is 13.2 Å². The van der Waals surface area contributed by atoms with Gasteiger partial charge in [-0.25, -0.2) is 0 Å². The molecule has 0 bridgehead atoms. The number of anilines is 1. The molecule has 1 N–H and O–H groups in total. The summed E-state index contributed by atoms with van der Waals surface area (Å²) in [7, 11) is 0. The summed E-state index contributed by atoms with van der Waals surface area (Å²) >= 11 is 0. The molecular formula is C14H20N2O4. The maximum absolute atomic E-state index is 11.2. The lowest BCUT2D eigenvalue weighted by Crippen LogP contribution is -2.12. The normalized spacial score (nSPS) is 14.1. The topological polar surface area (TPSA) is 73.6 Å². The predicted molar refractivity (Wildman–Crippen MR) is 76.3 cm³/mol. The molecule has 20 heavy (non-hydrogen) atoms. The van der Waals surface area contributed by atoms with Gasteiger partial charge in [-0.15, -0.1) is 0 Å². The molecule has 1 aliphatic rings. The lowest BCUT2D eigenvalue weighted by atomic mass is 10.2. The maximum Gasteiger partial charge on any atom is 0.333 e. The predicted octanol–water partition coefficient (Wildman–Crippen LogP) is 2.83. The number of hydrogen-bond acceptors (Lipinski definition) is 5. The number of rotatable bonds is 9. The molecule has 1 fully saturated rings. The Kier molecular flexibility index (Phi) is 5.17. The van der Waals surface area contributed by atoms with Crippen molar-refractivity contribution in [2.75, 3.05) is 31.7 Å². The summed E-state index contributed by atoms with van der Waals surface area (Å²) in [5.74, 6) is 1.02. The molecule has 0 aliphatic heterocycles. The van der Waals surface area contributed by atoms with Crippen LogP contribution in [0, 0.1) is 16.0 Å². The average molecular weight is 280 g/mol. The number of nitro groups is 1. The van der Waals surface area contributed by atoms with Gasteiger partial charge in [0.2, 0.25) is 0 Å². The minimum absolute atomic E-state index is 0.0171. The Hall–Kier alpha value is -1.82. The number of benzene rings is 1. The van der Waals surface area contributed by atoms with Crippen molar-refractivity contribution in [3.63, 3.8) is 0 Å². The Bertz CT molecular complexity index is 460. The zero-order valence-electron chi connectivity index (χ0n) is 11.6.